The predicted octanol–water partition coefficient (Wildman–Crippen LogP) is 3.00. The van der Waals surface area contributed by atoms with Gasteiger partial charge in [0.15, 0.2) is 5.75 Å². The van der Waals surface area contributed by atoms with E-state index in [0.717, 1.165) is 11.3 Å². The zero-order chi connectivity index (χ0) is 24.8. The molecule has 0 aromatic heterocycles. The molecule has 1 N–H and O–H groups in total. The van der Waals surface area contributed by atoms with Crippen LogP contribution in [-0.2, 0) is 19.9 Å². The molecule has 3 fully saturated rings. The number of fused-ring (bicyclic) bond motifs is 7. The van der Waals surface area contributed by atoms with E-state index in [-0.39, 0.29) is 29.1 Å². The van der Waals surface area contributed by atoms with Crippen LogP contribution in [0.25, 0.3) is 0 Å². The van der Waals surface area contributed by atoms with Gasteiger partial charge in [-0.3, -0.25) is 29.4 Å². The molecule has 4 atom stereocenters. The average Bonchev–Trinajstić information content (AvgIpc) is 3.52. The molecule has 3 amide bonds. The Hall–Kier alpha value is -3.50. The van der Waals surface area contributed by atoms with Gasteiger partial charge in [-0.2, -0.15) is 0 Å². The third kappa shape index (κ3) is 2.61. The van der Waals surface area contributed by atoms with Crippen LogP contribution in [0.15, 0.2) is 30.3 Å². The second-order valence-electron chi connectivity index (χ2n) is 9.40. The summed E-state index contributed by atoms with van der Waals surface area (Å²) in [7, 11) is 1.29. The van der Waals surface area contributed by atoms with E-state index < -0.39 is 34.1 Å². The third-order valence-electron chi connectivity index (χ3n) is 7.89. The maximum absolute atomic E-state index is 14.1. The Balaban J connectivity index is 1.54. The zero-order valence-corrected chi connectivity index (χ0v) is 19.7. The molecule has 2 aromatic carbocycles. The van der Waals surface area contributed by atoms with E-state index in [1.54, 1.807) is 25.1 Å². The number of aryl methyl sites for hydroxylation is 1. The van der Waals surface area contributed by atoms with Crippen LogP contribution >= 0.6 is 11.6 Å². The Labute approximate surface area is 204 Å². The number of nitro benzene ring substituents is 1. The molecular weight excluding hydrogens is 476 g/mol. The number of anilines is 2. The maximum atomic E-state index is 14.1. The lowest BCUT2D eigenvalue weighted by Gasteiger charge is -2.36. The lowest BCUT2D eigenvalue weighted by molar-refractivity contribution is -0.385. The van der Waals surface area contributed by atoms with E-state index >= 15 is 0 Å². The molecule has 180 valence electrons. The molecule has 11 heteroatoms. The highest BCUT2D eigenvalue weighted by Crippen LogP contribution is 2.61. The maximum Gasteiger partial charge on any atom is 0.311 e. The van der Waals surface area contributed by atoms with Crippen LogP contribution in [-0.4, -0.2) is 47.2 Å². The summed E-state index contributed by atoms with van der Waals surface area (Å²) in [5, 5.41) is 14.8. The normalized spacial score (nSPS) is 28.9. The van der Waals surface area contributed by atoms with Gasteiger partial charge in [-0.1, -0.05) is 11.6 Å². The number of amides is 3. The van der Waals surface area contributed by atoms with Crippen molar-refractivity contribution in [3.05, 3.63) is 56.6 Å². The Morgan fingerprint density at radius 1 is 1.20 bits per heavy atom. The van der Waals surface area contributed by atoms with Crippen molar-refractivity contribution in [1.29, 1.82) is 0 Å². The summed E-state index contributed by atoms with van der Waals surface area (Å²) in [5.41, 5.74) is 0.196. The van der Waals surface area contributed by atoms with Gasteiger partial charge in [-0.05, 0) is 50.1 Å². The van der Waals surface area contributed by atoms with Crippen molar-refractivity contribution in [3.63, 3.8) is 0 Å². The summed E-state index contributed by atoms with van der Waals surface area (Å²) in [6.07, 6.45) is 1.48. The van der Waals surface area contributed by atoms with Crippen LogP contribution in [0, 0.1) is 28.9 Å². The van der Waals surface area contributed by atoms with Crippen LogP contribution in [0.2, 0.25) is 5.02 Å². The van der Waals surface area contributed by atoms with Gasteiger partial charge in [0.2, 0.25) is 17.7 Å². The highest BCUT2D eigenvalue weighted by Gasteiger charge is 2.74. The number of hydrogen-bond donors (Lipinski definition) is 1. The number of nitro groups is 1. The molecule has 4 aliphatic heterocycles. The number of benzene rings is 2. The van der Waals surface area contributed by atoms with Gasteiger partial charge in [0.05, 0.1) is 29.6 Å². The summed E-state index contributed by atoms with van der Waals surface area (Å²) in [6.45, 7) is 2.19. The van der Waals surface area contributed by atoms with E-state index in [4.69, 9.17) is 16.3 Å². The van der Waals surface area contributed by atoms with Crippen LogP contribution in [0.4, 0.5) is 17.1 Å². The number of halogens is 1. The van der Waals surface area contributed by atoms with Crippen molar-refractivity contribution in [2.45, 2.75) is 31.3 Å². The number of carbonyl (C=O) groups is 3. The topological polar surface area (TPSA) is 122 Å². The highest BCUT2D eigenvalue weighted by molar-refractivity contribution is 6.31. The van der Waals surface area contributed by atoms with Gasteiger partial charge in [0.1, 0.15) is 5.54 Å². The first-order valence-electron chi connectivity index (χ1n) is 11.3. The summed E-state index contributed by atoms with van der Waals surface area (Å²) < 4.78 is 5.19. The Morgan fingerprint density at radius 2 is 1.97 bits per heavy atom. The lowest BCUT2D eigenvalue weighted by Crippen LogP contribution is -2.54. The second kappa shape index (κ2) is 7.25. The monoisotopic (exact) mass is 496 g/mol. The Kier molecular flexibility index (Phi) is 4.56. The van der Waals surface area contributed by atoms with Gasteiger partial charge in [0, 0.05) is 34.4 Å². The SMILES string of the molecule is COc1cc(N2C(=O)[C@@H]3[C@@H](C2=O)[C@]2(C(=O)Nc4ccc(Cl)cc42)N2CCC[C@@H]32)c(C)cc1[N+](=O)[O-]. The molecule has 35 heavy (non-hydrogen) atoms. The number of imide groups is 1. The Morgan fingerprint density at radius 3 is 2.69 bits per heavy atom. The van der Waals surface area contributed by atoms with Gasteiger partial charge < -0.3 is 10.1 Å². The van der Waals surface area contributed by atoms with Crippen molar-refractivity contribution >= 4 is 46.4 Å². The molecule has 6 rings (SSSR count). The fourth-order valence-corrected chi connectivity index (χ4v) is 6.79. The summed E-state index contributed by atoms with van der Waals surface area (Å²) in [5.74, 6) is -2.97. The first-order chi connectivity index (χ1) is 16.7. The number of ether oxygens (including phenoxy) is 1. The van der Waals surface area contributed by atoms with E-state index in [0.29, 0.717) is 34.8 Å². The van der Waals surface area contributed by atoms with E-state index in [2.05, 4.69) is 5.32 Å². The minimum absolute atomic E-state index is 0.0544. The van der Waals surface area contributed by atoms with Crippen molar-refractivity contribution < 1.29 is 24.0 Å². The van der Waals surface area contributed by atoms with Crippen molar-refractivity contribution in [2.24, 2.45) is 11.8 Å². The lowest BCUT2D eigenvalue weighted by atomic mass is 9.75. The molecule has 1 spiro atoms. The number of hydrogen-bond acceptors (Lipinski definition) is 7. The zero-order valence-electron chi connectivity index (χ0n) is 18.9. The molecule has 10 nitrogen and oxygen atoms in total. The molecule has 0 aliphatic carbocycles. The molecule has 0 bridgehead atoms. The molecule has 2 aromatic rings. The Bertz CT molecular complexity index is 1360. The second-order valence-corrected chi connectivity index (χ2v) is 9.83. The van der Waals surface area contributed by atoms with Gasteiger partial charge >= 0.3 is 5.69 Å². The fourth-order valence-electron chi connectivity index (χ4n) is 6.62. The number of nitrogens with zero attached hydrogens (tertiary/aromatic N) is 3. The number of carbonyl (C=O) groups excluding carboxylic acids is 3. The molecular formula is C24H21ClN4O6. The molecule has 3 saturated heterocycles. The van der Waals surface area contributed by atoms with Gasteiger partial charge in [-0.15, -0.1) is 0 Å². The quantitative estimate of drug-likeness (QED) is 0.393. The largest absolute Gasteiger partial charge is 0.490 e. The fraction of sp³-hybridized carbons (Fsp3) is 0.375. The van der Waals surface area contributed by atoms with Crippen LogP contribution in [0.1, 0.15) is 24.0 Å². The smallest absolute Gasteiger partial charge is 0.311 e. The molecule has 0 unspecified atom stereocenters. The van der Waals surface area contributed by atoms with Crippen LogP contribution in [0.3, 0.4) is 0 Å². The first kappa shape index (κ1) is 22.0. The summed E-state index contributed by atoms with van der Waals surface area (Å²) in [6, 6.07) is 7.45. The first-order valence-corrected chi connectivity index (χ1v) is 11.7. The molecule has 4 heterocycles. The number of rotatable bonds is 3. The molecule has 4 aliphatic rings. The average molecular weight is 497 g/mol. The van der Waals surface area contributed by atoms with E-state index in [1.165, 1.54) is 19.2 Å². The minimum Gasteiger partial charge on any atom is -0.490 e. The number of nitrogens with one attached hydrogen (secondary N) is 1. The predicted molar refractivity (Wildman–Crippen MR) is 125 cm³/mol. The van der Waals surface area contributed by atoms with E-state index in [9.17, 15) is 24.5 Å². The number of methoxy groups -OCH3 is 1. The highest BCUT2D eigenvalue weighted by atomic mass is 35.5. The molecule has 0 radical (unpaired) electrons. The minimum atomic E-state index is -1.34. The van der Waals surface area contributed by atoms with E-state index in [1.807, 2.05) is 4.90 Å². The summed E-state index contributed by atoms with van der Waals surface area (Å²) in [4.78, 5) is 55.6. The van der Waals surface area contributed by atoms with Crippen LogP contribution < -0.4 is 15.0 Å². The standard InChI is InChI=1S/C24H21ClN4O6/c1-11-8-17(29(33)34)18(35-2)10-16(11)28-21(30)19-15-4-3-7-27(15)24(20(19)22(28)31)13-9-12(25)5-6-14(13)26-23(24)32/h5-6,8-10,15,19-20H,3-4,7H2,1-2H3,(H,26,32)/t15-,19-,20-,24+/m0/s1. The summed E-state index contributed by atoms with van der Waals surface area (Å²) >= 11 is 6.31. The van der Waals surface area contributed by atoms with Gasteiger partial charge in [0.25, 0.3) is 0 Å². The third-order valence-corrected chi connectivity index (χ3v) is 8.12. The van der Waals surface area contributed by atoms with Crippen molar-refractivity contribution in [2.75, 3.05) is 23.9 Å². The van der Waals surface area contributed by atoms with Gasteiger partial charge in [-0.25, -0.2) is 4.90 Å². The molecule has 0 saturated carbocycles. The van der Waals surface area contributed by atoms with Crippen molar-refractivity contribution in [3.8, 4) is 5.75 Å². The van der Waals surface area contributed by atoms with Crippen molar-refractivity contribution in [1.82, 2.24) is 4.90 Å². The van der Waals surface area contributed by atoms with Crippen LogP contribution in [0.5, 0.6) is 5.75 Å².